The molecule has 0 spiro atoms. The van der Waals surface area contributed by atoms with Crippen molar-refractivity contribution in [3.63, 3.8) is 0 Å². The van der Waals surface area contributed by atoms with Crippen LogP contribution in [0.15, 0.2) is 0 Å². The fourth-order valence-electron chi connectivity index (χ4n) is 0. The third-order valence-corrected chi connectivity index (χ3v) is 0. The van der Waals surface area contributed by atoms with Crippen molar-refractivity contribution in [2.75, 3.05) is 0 Å². The van der Waals surface area contributed by atoms with E-state index in [1.165, 1.54) is 0 Å². The minimum Gasteiger partial charge on any atom is 0 e. The number of rotatable bonds is 0. The van der Waals surface area contributed by atoms with Crippen molar-refractivity contribution in [3.8, 4) is 0 Å². The minimum atomic E-state index is 0. The summed E-state index contributed by atoms with van der Waals surface area (Å²) in [6, 6.07) is 0. The number of hydrogen-bond acceptors (Lipinski definition) is 1. The van der Waals surface area contributed by atoms with Gasteiger partial charge in [-0.15, -0.1) is 0 Å². The van der Waals surface area contributed by atoms with Gasteiger partial charge < -0.3 is 5.48 Å². The predicted molar refractivity (Wildman–Crippen MR) is 1.37 cm³/mol. The van der Waals surface area contributed by atoms with E-state index in [0.717, 1.165) is 0 Å². The molecular weight excluding hydrogens is 267 g/mol. The minimum absolute atomic E-state index is 0. The molecule has 0 aliphatic carbocycles. The topological polar surface area (TPSA) is 45.6 Å². The molecular formula is O2VW-2. The van der Waals surface area contributed by atoms with Crippen LogP contribution in [0, 0.1) is 0 Å². The Hall–Kier alpha value is 1.03. The van der Waals surface area contributed by atoms with Crippen LogP contribution in [0.1, 0.15) is 0 Å². The van der Waals surface area contributed by atoms with Gasteiger partial charge in [0.2, 0.25) is 0 Å². The quantitative estimate of drug-likeness (QED) is 0.597. The molecule has 0 saturated carbocycles. The van der Waals surface area contributed by atoms with Gasteiger partial charge >= 0.3 is 23.2 Å². The molecule has 0 aliphatic heterocycles. The van der Waals surface area contributed by atoms with Crippen LogP contribution in [0.5, 0.6) is 0 Å². The number of hydrogen-bond donors (Lipinski definition) is 0. The average molecular weight is 267 g/mol. The second-order valence-corrected chi connectivity index (χ2v) is 0. The van der Waals surface area contributed by atoms with Crippen molar-refractivity contribution in [3.05, 3.63) is 0 Å². The predicted octanol–water partition coefficient (Wildman–Crippen LogP) is -0.243. The van der Waals surface area contributed by atoms with E-state index < -0.39 is 0 Å². The summed E-state index contributed by atoms with van der Waals surface area (Å²) in [4.78, 5) is 0. The molecule has 0 fully saturated rings. The molecule has 0 heterocycles. The van der Waals surface area contributed by atoms with E-state index in [0.29, 0.717) is 19.8 Å². The molecule has 0 bridgehead atoms. The van der Waals surface area contributed by atoms with Crippen molar-refractivity contribution in [1.82, 2.24) is 0 Å². The third kappa shape index (κ3) is 11.7. The van der Waals surface area contributed by atoms with Crippen LogP contribution < -0.4 is 0 Å². The smallest absolute Gasteiger partial charge is 0 e. The Balaban J connectivity index is -0.00000000500. The fraction of sp³-hybridized carbons (Fsp3) is 0. The Morgan fingerprint density at radius 3 is 1.25 bits per heavy atom. The summed E-state index contributed by atoms with van der Waals surface area (Å²) in [5.41, 5.74) is 0. The molecule has 0 aromatic heterocycles. The second-order valence-electron chi connectivity index (χ2n) is 0. The Bertz CT molecular complexity index is 6.00. The van der Waals surface area contributed by atoms with Gasteiger partial charge in [-0.05, 0) is 0 Å². The summed E-state index contributed by atoms with van der Waals surface area (Å²) in [6.07, 6.45) is 0. The van der Waals surface area contributed by atoms with E-state index in [2.05, 4.69) is 0 Å². The molecule has 0 unspecified atom stereocenters. The summed E-state index contributed by atoms with van der Waals surface area (Å²) >= 11 is 0.333. The zero-order valence-corrected chi connectivity index (χ0v) is 6.00. The molecule has 0 amide bonds. The third-order valence-electron chi connectivity index (χ3n) is 0. The van der Waals surface area contributed by atoms with E-state index in [-0.39, 0.29) is 24.0 Å². The maximum Gasteiger partial charge on any atom is 0 e. The van der Waals surface area contributed by atoms with E-state index in [9.17, 15) is 0 Å². The second kappa shape index (κ2) is 34.8. The van der Waals surface area contributed by atoms with E-state index >= 15 is 0 Å². The van der Waals surface area contributed by atoms with Crippen molar-refractivity contribution < 1.29 is 47.2 Å². The maximum atomic E-state index is 8.33. The normalized spacial score (nSPS) is 1.00. The standard InChI is InChI=1S/2O.V.W/q;-2;;. The van der Waals surface area contributed by atoms with Crippen molar-refractivity contribution in [1.29, 1.82) is 0 Å². The van der Waals surface area contributed by atoms with Crippen molar-refractivity contribution in [2.45, 2.75) is 0 Å². The molecule has 0 atom stereocenters. The van der Waals surface area contributed by atoms with Gasteiger partial charge in [0.05, 0.1) is 0 Å². The van der Waals surface area contributed by atoms with Gasteiger partial charge in [0.1, 0.15) is 0 Å². The first-order valence-corrected chi connectivity index (χ1v) is 1.36. The van der Waals surface area contributed by atoms with Gasteiger partial charge in [-0.3, -0.25) is 0 Å². The van der Waals surface area contributed by atoms with Crippen molar-refractivity contribution in [2.24, 2.45) is 0 Å². The van der Waals surface area contributed by atoms with Crippen LogP contribution >= 0.6 is 0 Å². The summed E-state index contributed by atoms with van der Waals surface area (Å²) in [5.74, 6) is 0. The molecule has 0 rings (SSSR count). The Labute approximate surface area is 47.4 Å². The summed E-state index contributed by atoms with van der Waals surface area (Å²) < 4.78 is 8.33. The van der Waals surface area contributed by atoms with Gasteiger partial charge in [0.25, 0.3) is 0 Å². The molecule has 0 aliphatic rings. The van der Waals surface area contributed by atoms with Gasteiger partial charge in [0, 0.05) is 18.6 Å². The molecule has 0 N–H and O–H groups in total. The van der Waals surface area contributed by atoms with Crippen LogP contribution in [0.4, 0.5) is 0 Å². The summed E-state index contributed by atoms with van der Waals surface area (Å²) in [5, 5.41) is 0. The van der Waals surface area contributed by atoms with Gasteiger partial charge in [-0.2, -0.15) is 0 Å². The van der Waals surface area contributed by atoms with Crippen LogP contribution in [0.2, 0.25) is 0 Å². The average Bonchev–Trinajstić information content (AvgIpc) is 1.00. The van der Waals surface area contributed by atoms with Gasteiger partial charge in [0.15, 0.2) is 0 Å². The molecule has 25 valence electrons. The zero-order chi connectivity index (χ0) is 2.00. The molecule has 0 aromatic rings. The fourth-order valence-corrected chi connectivity index (χ4v) is 0. The summed E-state index contributed by atoms with van der Waals surface area (Å²) in [6.45, 7) is 0. The first-order valence-electron chi connectivity index (χ1n) is 0.167. The zero-order valence-electron chi connectivity index (χ0n) is 1.67. The van der Waals surface area contributed by atoms with Gasteiger partial charge in [-0.1, -0.05) is 0 Å². The monoisotopic (exact) mass is 267 g/mol. The molecule has 4 heteroatoms. The molecule has 2 nitrogen and oxygen atoms in total. The largest absolute Gasteiger partial charge is 0 e. The van der Waals surface area contributed by atoms with Crippen LogP contribution in [-0.4, -0.2) is 0 Å². The molecule has 0 aromatic carbocycles. The molecule has 1 radical (unpaired) electrons. The van der Waals surface area contributed by atoms with E-state index in [1.807, 2.05) is 0 Å². The van der Waals surface area contributed by atoms with E-state index in [1.54, 1.807) is 0 Å². The first-order chi connectivity index (χ1) is 1.00. The molecule has 4 heavy (non-hydrogen) atoms. The Morgan fingerprint density at radius 1 is 1.25 bits per heavy atom. The van der Waals surface area contributed by atoms with Crippen LogP contribution in [0.3, 0.4) is 0 Å². The van der Waals surface area contributed by atoms with Crippen LogP contribution in [-0.2, 0) is 47.2 Å². The van der Waals surface area contributed by atoms with E-state index in [4.69, 9.17) is 3.40 Å². The Morgan fingerprint density at radius 2 is 1.25 bits per heavy atom. The molecule has 0 saturated heterocycles. The van der Waals surface area contributed by atoms with Crippen LogP contribution in [0.25, 0.3) is 0 Å². The van der Waals surface area contributed by atoms with Gasteiger partial charge in [-0.25, -0.2) is 0 Å². The Kier molecular flexibility index (Phi) is 172. The maximum absolute atomic E-state index is 8.33. The van der Waals surface area contributed by atoms with Crippen molar-refractivity contribution >= 4 is 0 Å². The summed E-state index contributed by atoms with van der Waals surface area (Å²) in [7, 11) is 0. The SMILES string of the molecule is [O-2].[O]=[W].[V]. The first kappa shape index (κ1) is 19.8.